The van der Waals surface area contributed by atoms with Crippen LogP contribution in [0.5, 0.6) is 0 Å². The van der Waals surface area contributed by atoms with Crippen LogP contribution in [-0.4, -0.2) is 19.0 Å². The Kier molecular flexibility index (Phi) is 6.08. The second-order valence-electron chi connectivity index (χ2n) is 7.96. The molecule has 0 spiro atoms. The Hall–Kier alpha value is -0.827. The van der Waals surface area contributed by atoms with E-state index in [1.54, 1.807) is 6.92 Å². The van der Waals surface area contributed by atoms with Crippen LogP contribution in [0.3, 0.4) is 0 Å². The second-order valence-corrected chi connectivity index (χ2v) is 19.4. The predicted molar refractivity (Wildman–Crippen MR) is 99.2 cm³/mol. The van der Waals surface area contributed by atoms with E-state index in [0.717, 1.165) is 11.5 Å². The molecule has 0 atom stereocenters. The fourth-order valence-electron chi connectivity index (χ4n) is 3.33. The first-order valence-electron chi connectivity index (χ1n) is 8.67. The molecule has 1 aromatic rings. The molecule has 1 nitrogen and oxygen atoms in total. The van der Waals surface area contributed by atoms with Crippen molar-refractivity contribution in [3.63, 3.8) is 0 Å². The van der Waals surface area contributed by atoms with Gasteiger partial charge in [0.05, 0.1) is 0 Å². The molecule has 0 N–H and O–H groups in total. The molecule has 22 heavy (non-hydrogen) atoms. The van der Waals surface area contributed by atoms with E-state index in [0.29, 0.717) is 0 Å². The van der Waals surface area contributed by atoms with Crippen LogP contribution in [0, 0.1) is 5.92 Å². The zero-order valence-electron chi connectivity index (χ0n) is 14.6. The van der Waals surface area contributed by atoms with E-state index in [1.165, 1.54) is 48.5 Å². The molecule has 1 saturated carbocycles. The van der Waals surface area contributed by atoms with Crippen LogP contribution in [0.1, 0.15) is 54.9 Å². The molecule has 0 amide bonds. The molecule has 120 valence electrons. The molecule has 0 heterocycles. The van der Waals surface area contributed by atoms with Gasteiger partial charge in [-0.05, 0) is 0 Å². The number of hydrogen-bond acceptors (Lipinski definition) is 1. The standard InChI is InChI=1S/C20H30GeO/c1-16(22)18-10-12-19(13-11-18)20(15-21(2,3)4)14-17-8-6-5-7-9-17/h10-14,17H,5-9,15H2,1-4H3/b20-14+. The van der Waals surface area contributed by atoms with Gasteiger partial charge in [-0.2, -0.15) is 0 Å². The third-order valence-electron chi connectivity index (χ3n) is 4.47. The van der Waals surface area contributed by atoms with E-state index < -0.39 is 13.3 Å². The minimum absolute atomic E-state index is 0.151. The van der Waals surface area contributed by atoms with Crippen molar-refractivity contribution in [3.05, 3.63) is 41.5 Å². The number of carbonyl (C=O) groups is 1. The summed E-state index contributed by atoms with van der Waals surface area (Å²) in [5.74, 6) is 8.37. The van der Waals surface area contributed by atoms with Gasteiger partial charge in [-0.25, -0.2) is 0 Å². The molecule has 1 fully saturated rings. The van der Waals surface area contributed by atoms with Gasteiger partial charge in [-0.3, -0.25) is 0 Å². The molecule has 0 bridgehead atoms. The Morgan fingerprint density at radius 3 is 2.09 bits per heavy atom. The van der Waals surface area contributed by atoms with E-state index in [4.69, 9.17) is 0 Å². The quantitative estimate of drug-likeness (QED) is 0.453. The van der Waals surface area contributed by atoms with Crippen molar-refractivity contribution in [2.45, 2.75) is 61.5 Å². The topological polar surface area (TPSA) is 17.1 Å². The number of benzene rings is 1. The Balaban J connectivity index is 2.26. The van der Waals surface area contributed by atoms with Gasteiger partial charge in [-0.1, -0.05) is 0 Å². The van der Waals surface area contributed by atoms with E-state index in [9.17, 15) is 4.79 Å². The molecule has 0 aromatic heterocycles. The molecule has 2 heteroatoms. The van der Waals surface area contributed by atoms with Gasteiger partial charge in [-0.15, -0.1) is 0 Å². The first-order chi connectivity index (χ1) is 10.3. The van der Waals surface area contributed by atoms with E-state index >= 15 is 0 Å². The van der Waals surface area contributed by atoms with Crippen LogP contribution in [0.25, 0.3) is 5.57 Å². The van der Waals surface area contributed by atoms with Crippen LogP contribution in [0.2, 0.25) is 22.5 Å². The van der Waals surface area contributed by atoms with Gasteiger partial charge in [0.1, 0.15) is 0 Å². The van der Waals surface area contributed by atoms with Crippen molar-refractivity contribution in [1.29, 1.82) is 0 Å². The first-order valence-corrected chi connectivity index (χ1v) is 16.4. The summed E-state index contributed by atoms with van der Waals surface area (Å²) in [7, 11) is 0. The average Bonchev–Trinajstić information content (AvgIpc) is 2.46. The summed E-state index contributed by atoms with van der Waals surface area (Å²) in [5.41, 5.74) is 3.68. The molecular weight excluding hydrogens is 329 g/mol. The Bertz CT molecular complexity index is 528. The van der Waals surface area contributed by atoms with Crippen molar-refractivity contribution in [1.82, 2.24) is 0 Å². The van der Waals surface area contributed by atoms with Gasteiger partial charge < -0.3 is 0 Å². The van der Waals surface area contributed by atoms with Crippen LogP contribution < -0.4 is 0 Å². The molecule has 1 aromatic carbocycles. The number of rotatable bonds is 5. The summed E-state index contributed by atoms with van der Waals surface area (Å²) in [4.78, 5) is 11.5. The molecule has 1 aliphatic rings. The molecular formula is C20H30GeO. The SMILES string of the molecule is CC(=O)c1ccc(/C(=C/C2CCCCC2)[CH2][Ge]([CH3])([CH3])[CH3])cc1. The first kappa shape index (κ1) is 17.5. The average molecular weight is 359 g/mol. The Morgan fingerprint density at radius 2 is 1.59 bits per heavy atom. The summed E-state index contributed by atoms with van der Waals surface area (Å²) < 4.78 is 0. The van der Waals surface area contributed by atoms with Crippen molar-refractivity contribution in [2.75, 3.05) is 0 Å². The molecule has 1 aliphatic carbocycles. The monoisotopic (exact) mass is 360 g/mol. The fourth-order valence-corrected chi connectivity index (χ4v) is 6.41. The van der Waals surface area contributed by atoms with Gasteiger partial charge in [0.15, 0.2) is 0 Å². The van der Waals surface area contributed by atoms with Gasteiger partial charge in [0, 0.05) is 0 Å². The van der Waals surface area contributed by atoms with Crippen molar-refractivity contribution in [2.24, 2.45) is 5.92 Å². The fraction of sp³-hybridized carbons (Fsp3) is 0.550. The van der Waals surface area contributed by atoms with Crippen molar-refractivity contribution in [3.8, 4) is 0 Å². The zero-order valence-corrected chi connectivity index (χ0v) is 16.7. The number of ketones is 1. The molecule has 0 radical (unpaired) electrons. The number of carbonyl (C=O) groups excluding carboxylic acids is 1. The van der Waals surface area contributed by atoms with Crippen molar-refractivity contribution < 1.29 is 4.79 Å². The predicted octanol–water partition coefficient (Wildman–Crippen LogP) is 6.19. The maximum atomic E-state index is 11.5. The third-order valence-corrected chi connectivity index (χ3v) is 7.49. The van der Waals surface area contributed by atoms with Crippen molar-refractivity contribution >= 4 is 24.6 Å². The summed E-state index contributed by atoms with van der Waals surface area (Å²) in [6.07, 6.45) is 9.45. The van der Waals surface area contributed by atoms with Gasteiger partial charge >= 0.3 is 138 Å². The maximum absolute atomic E-state index is 11.5. The van der Waals surface area contributed by atoms with E-state index in [2.05, 4.69) is 35.5 Å². The summed E-state index contributed by atoms with van der Waals surface area (Å²) >= 11 is -1.66. The van der Waals surface area contributed by atoms with Gasteiger partial charge in [0.25, 0.3) is 0 Å². The second kappa shape index (κ2) is 7.63. The summed E-state index contributed by atoms with van der Waals surface area (Å²) in [6.45, 7) is 1.64. The normalized spacial score (nSPS) is 17.5. The zero-order chi connectivity index (χ0) is 16.2. The summed E-state index contributed by atoms with van der Waals surface area (Å²) in [6, 6.07) is 8.28. The Labute approximate surface area is 138 Å². The van der Waals surface area contributed by atoms with Crippen LogP contribution in [0.15, 0.2) is 30.3 Å². The van der Waals surface area contributed by atoms with E-state index in [1.807, 2.05) is 12.1 Å². The molecule has 0 aliphatic heterocycles. The number of allylic oxidation sites excluding steroid dienone is 2. The number of hydrogen-bond donors (Lipinski definition) is 0. The van der Waals surface area contributed by atoms with E-state index in [-0.39, 0.29) is 5.78 Å². The Morgan fingerprint density at radius 1 is 1.05 bits per heavy atom. The summed E-state index contributed by atoms with van der Waals surface area (Å²) in [5, 5.41) is 1.27. The minimum atomic E-state index is -1.66. The third kappa shape index (κ3) is 5.42. The van der Waals surface area contributed by atoms with Crippen LogP contribution in [-0.2, 0) is 0 Å². The molecule has 0 unspecified atom stereocenters. The number of Topliss-reactive ketones (excluding diaryl/α,β-unsaturated/α-hetero) is 1. The molecule has 0 saturated heterocycles. The molecule has 2 rings (SSSR count). The van der Waals surface area contributed by atoms with Crippen LogP contribution in [0.4, 0.5) is 0 Å². The van der Waals surface area contributed by atoms with Crippen LogP contribution >= 0.6 is 0 Å². The van der Waals surface area contributed by atoms with Gasteiger partial charge in [0.2, 0.25) is 0 Å².